The number of primary amides is 1. The molecule has 1 rings (SSSR count). The Hall–Kier alpha value is -1.37. The maximum atomic E-state index is 12.0. The van der Waals surface area contributed by atoms with Gasteiger partial charge in [-0.05, 0) is 36.0 Å². The molecule has 0 aliphatic heterocycles. The van der Waals surface area contributed by atoms with Crippen LogP contribution >= 0.6 is 11.8 Å². The molecule has 0 radical (unpaired) electrons. The molecule has 0 bridgehead atoms. The van der Waals surface area contributed by atoms with E-state index in [2.05, 4.69) is 0 Å². The van der Waals surface area contributed by atoms with Crippen LogP contribution in [0.3, 0.4) is 0 Å². The van der Waals surface area contributed by atoms with Gasteiger partial charge in [0.2, 0.25) is 0 Å². The molecule has 0 spiro atoms. The summed E-state index contributed by atoms with van der Waals surface area (Å²) < 4.78 is 36.0. The van der Waals surface area contributed by atoms with Gasteiger partial charge in [0.25, 0.3) is 0 Å². The van der Waals surface area contributed by atoms with E-state index in [4.69, 9.17) is 5.73 Å². The smallest absolute Gasteiger partial charge is 0.351 e. The summed E-state index contributed by atoms with van der Waals surface area (Å²) in [6.45, 7) is 0. The van der Waals surface area contributed by atoms with E-state index in [1.54, 1.807) is 0 Å². The van der Waals surface area contributed by atoms with Gasteiger partial charge in [0.15, 0.2) is 0 Å². The number of halogens is 3. The lowest BCUT2D eigenvalue weighted by Gasteiger charge is -2.14. The minimum Gasteiger partial charge on any atom is -0.351 e. The number of amides is 2. The Morgan fingerprint density at radius 2 is 1.81 bits per heavy atom. The van der Waals surface area contributed by atoms with Gasteiger partial charge in [0.05, 0.1) is 0 Å². The van der Waals surface area contributed by atoms with E-state index in [1.807, 2.05) is 0 Å². The molecule has 1 aromatic carbocycles. The van der Waals surface area contributed by atoms with Crippen LogP contribution in [0, 0.1) is 0 Å². The molecule has 0 saturated carbocycles. The highest BCUT2D eigenvalue weighted by Crippen LogP contribution is 2.37. The molecule has 88 valence electrons. The van der Waals surface area contributed by atoms with Crippen molar-refractivity contribution in [3.63, 3.8) is 0 Å². The summed E-state index contributed by atoms with van der Waals surface area (Å²) in [6.07, 6.45) is 0. The van der Waals surface area contributed by atoms with Gasteiger partial charge in [-0.15, -0.1) is 0 Å². The molecule has 0 atom stereocenters. The number of nitrogens with two attached hydrogens (primary N) is 1. The Morgan fingerprint density at radius 3 is 2.19 bits per heavy atom. The number of thioether (sulfide) groups is 1. The molecule has 2 amide bonds. The number of rotatable bonds is 2. The Bertz CT molecular complexity index is 377. The first-order valence-electron chi connectivity index (χ1n) is 4.18. The fraction of sp³-hybridized carbons (Fsp3) is 0.222. The first-order valence-corrected chi connectivity index (χ1v) is 5.00. The van der Waals surface area contributed by atoms with Crippen molar-refractivity contribution in [2.24, 2.45) is 5.73 Å². The molecule has 2 N–H and O–H groups in total. The van der Waals surface area contributed by atoms with Crippen molar-refractivity contribution in [1.82, 2.24) is 0 Å². The van der Waals surface area contributed by atoms with Crippen LogP contribution in [0.1, 0.15) is 0 Å². The fourth-order valence-electron chi connectivity index (χ4n) is 0.999. The quantitative estimate of drug-likeness (QED) is 0.820. The molecule has 7 heteroatoms. The van der Waals surface area contributed by atoms with Crippen LogP contribution in [-0.2, 0) is 0 Å². The maximum Gasteiger partial charge on any atom is 0.446 e. The molecule has 0 heterocycles. The molecule has 0 aromatic heterocycles. The van der Waals surface area contributed by atoms with E-state index in [-0.39, 0.29) is 16.7 Å². The average Bonchev–Trinajstić information content (AvgIpc) is 2.15. The number of alkyl halides is 3. The van der Waals surface area contributed by atoms with Gasteiger partial charge in [-0.2, -0.15) is 13.2 Å². The Labute approximate surface area is 94.4 Å². The zero-order valence-corrected chi connectivity index (χ0v) is 9.10. The van der Waals surface area contributed by atoms with E-state index in [0.29, 0.717) is 5.69 Å². The third-order valence-corrected chi connectivity index (χ3v) is 2.53. The third kappa shape index (κ3) is 3.65. The van der Waals surface area contributed by atoms with Crippen LogP contribution in [0.5, 0.6) is 0 Å². The lowest BCUT2D eigenvalue weighted by atomic mass is 10.3. The Balaban J connectivity index is 2.79. The molecular formula is C9H9F3N2OS. The SMILES string of the molecule is CN(C(N)=O)c1ccc(SC(F)(F)F)cc1. The third-order valence-electron chi connectivity index (χ3n) is 1.79. The van der Waals surface area contributed by atoms with Crippen molar-refractivity contribution in [2.75, 3.05) is 11.9 Å². The van der Waals surface area contributed by atoms with Crippen molar-refractivity contribution >= 4 is 23.5 Å². The van der Waals surface area contributed by atoms with Gasteiger partial charge in [0, 0.05) is 17.6 Å². The van der Waals surface area contributed by atoms with Gasteiger partial charge in [-0.25, -0.2) is 4.79 Å². The second-order valence-electron chi connectivity index (χ2n) is 2.94. The second kappa shape index (κ2) is 4.65. The van der Waals surface area contributed by atoms with Crippen molar-refractivity contribution < 1.29 is 18.0 Å². The van der Waals surface area contributed by atoms with Gasteiger partial charge in [-0.3, -0.25) is 4.90 Å². The normalized spacial score (nSPS) is 11.2. The van der Waals surface area contributed by atoms with E-state index in [0.717, 1.165) is 4.90 Å². The molecule has 0 aliphatic carbocycles. The number of urea groups is 1. The lowest BCUT2D eigenvalue weighted by molar-refractivity contribution is -0.0328. The number of hydrogen-bond acceptors (Lipinski definition) is 2. The van der Waals surface area contributed by atoms with Gasteiger partial charge in [0.1, 0.15) is 0 Å². The standard InChI is InChI=1S/C9H9F3N2OS/c1-14(8(13)15)6-2-4-7(5-3-6)16-9(10,11)12/h2-5H,1H3,(H2,13,15). The minimum atomic E-state index is -4.31. The van der Waals surface area contributed by atoms with Crippen molar-refractivity contribution in [3.8, 4) is 0 Å². The van der Waals surface area contributed by atoms with Crippen molar-refractivity contribution in [1.29, 1.82) is 0 Å². The first kappa shape index (κ1) is 12.7. The number of nitrogens with zero attached hydrogens (tertiary/aromatic N) is 1. The Morgan fingerprint density at radius 1 is 1.31 bits per heavy atom. The number of hydrogen-bond donors (Lipinski definition) is 1. The first-order chi connectivity index (χ1) is 7.29. The molecule has 0 saturated heterocycles. The predicted octanol–water partition coefficient (Wildman–Crippen LogP) is 2.81. The van der Waals surface area contributed by atoms with Crippen molar-refractivity contribution in [2.45, 2.75) is 10.4 Å². The molecule has 0 unspecified atom stereocenters. The van der Waals surface area contributed by atoms with Gasteiger partial charge >= 0.3 is 11.5 Å². The number of benzene rings is 1. The highest BCUT2D eigenvalue weighted by Gasteiger charge is 2.29. The van der Waals surface area contributed by atoms with Crippen LogP contribution in [0.4, 0.5) is 23.7 Å². The second-order valence-corrected chi connectivity index (χ2v) is 4.08. The molecule has 1 aromatic rings. The van der Waals surface area contributed by atoms with Crippen molar-refractivity contribution in [3.05, 3.63) is 24.3 Å². The number of carbonyl (C=O) groups excluding carboxylic acids is 1. The largest absolute Gasteiger partial charge is 0.446 e. The summed E-state index contributed by atoms with van der Waals surface area (Å²) in [7, 11) is 1.44. The van der Waals surface area contributed by atoms with Crippen LogP contribution in [-0.4, -0.2) is 18.6 Å². The summed E-state index contributed by atoms with van der Waals surface area (Å²) >= 11 is -0.205. The minimum absolute atomic E-state index is 0.0640. The lowest BCUT2D eigenvalue weighted by Crippen LogP contribution is -2.31. The monoisotopic (exact) mass is 250 g/mol. The summed E-state index contributed by atoms with van der Waals surface area (Å²) in [4.78, 5) is 12.0. The molecule has 0 aliphatic rings. The molecule has 0 fully saturated rings. The van der Waals surface area contributed by atoms with Crippen LogP contribution < -0.4 is 10.6 Å². The topological polar surface area (TPSA) is 46.3 Å². The zero-order valence-electron chi connectivity index (χ0n) is 8.28. The zero-order chi connectivity index (χ0) is 12.3. The van der Waals surface area contributed by atoms with E-state index in [9.17, 15) is 18.0 Å². The van der Waals surface area contributed by atoms with E-state index in [1.165, 1.54) is 31.3 Å². The van der Waals surface area contributed by atoms with Gasteiger partial charge in [-0.1, -0.05) is 0 Å². The maximum absolute atomic E-state index is 12.0. The summed E-state index contributed by atoms with van der Waals surface area (Å²) in [5, 5.41) is 0. The highest BCUT2D eigenvalue weighted by molar-refractivity contribution is 8.00. The number of carbonyl (C=O) groups is 1. The highest BCUT2D eigenvalue weighted by atomic mass is 32.2. The van der Waals surface area contributed by atoms with E-state index < -0.39 is 11.5 Å². The fourth-order valence-corrected chi connectivity index (χ4v) is 1.54. The molecule has 16 heavy (non-hydrogen) atoms. The molecular weight excluding hydrogens is 241 g/mol. The molecule has 3 nitrogen and oxygen atoms in total. The van der Waals surface area contributed by atoms with Crippen LogP contribution in [0.25, 0.3) is 0 Å². The summed E-state index contributed by atoms with van der Waals surface area (Å²) in [6, 6.07) is 4.70. The predicted molar refractivity (Wildman–Crippen MR) is 56.3 cm³/mol. The average molecular weight is 250 g/mol. The summed E-state index contributed by atoms with van der Waals surface area (Å²) in [5.74, 6) is 0. The van der Waals surface area contributed by atoms with E-state index >= 15 is 0 Å². The Kier molecular flexibility index (Phi) is 3.69. The number of anilines is 1. The van der Waals surface area contributed by atoms with Crippen LogP contribution in [0.15, 0.2) is 29.2 Å². The summed E-state index contributed by atoms with van der Waals surface area (Å²) in [5.41, 5.74) is 1.14. The van der Waals surface area contributed by atoms with Gasteiger partial charge < -0.3 is 5.73 Å². The van der Waals surface area contributed by atoms with Crippen LogP contribution in [0.2, 0.25) is 0 Å².